The Morgan fingerprint density at radius 1 is 1.08 bits per heavy atom. The first-order chi connectivity index (χ1) is 12.2. The molecule has 2 aromatic heterocycles. The Balaban J connectivity index is 1.24. The average molecular weight is 396 g/mol. The third kappa shape index (κ3) is 4.26. The molecule has 0 saturated carbocycles. The van der Waals surface area contributed by atoms with Gasteiger partial charge in [0.2, 0.25) is 5.91 Å². The summed E-state index contributed by atoms with van der Waals surface area (Å²) in [5.41, 5.74) is 1.41. The van der Waals surface area contributed by atoms with Crippen molar-refractivity contribution in [3.05, 3.63) is 43.2 Å². The first-order valence-corrected chi connectivity index (χ1v) is 10.8. The van der Waals surface area contributed by atoms with Gasteiger partial charge in [0, 0.05) is 55.6 Å². The Kier molecular flexibility index (Phi) is 5.43. The standard InChI is InChI=1S/C18H22ClN3OS2/c19-17-2-1-15(25-17)12-20-6-8-22(9-7-20)18(23)13-21-5-3-16-14(11-21)4-10-24-16/h1-2,4,10H,3,5-9,11-13H2. The molecule has 0 N–H and O–H groups in total. The van der Waals surface area contributed by atoms with Gasteiger partial charge >= 0.3 is 0 Å². The molecule has 2 aliphatic heterocycles. The van der Waals surface area contributed by atoms with Crippen molar-refractivity contribution in [1.82, 2.24) is 14.7 Å². The first-order valence-electron chi connectivity index (χ1n) is 8.69. The van der Waals surface area contributed by atoms with Gasteiger partial charge in [-0.3, -0.25) is 14.6 Å². The quantitative estimate of drug-likeness (QED) is 0.795. The van der Waals surface area contributed by atoms with Crippen molar-refractivity contribution in [3.8, 4) is 0 Å². The van der Waals surface area contributed by atoms with Crippen LogP contribution in [0.1, 0.15) is 15.3 Å². The highest BCUT2D eigenvalue weighted by Gasteiger charge is 2.25. The van der Waals surface area contributed by atoms with Crippen molar-refractivity contribution in [2.75, 3.05) is 39.3 Å². The van der Waals surface area contributed by atoms with Crippen molar-refractivity contribution < 1.29 is 4.79 Å². The van der Waals surface area contributed by atoms with E-state index in [1.165, 1.54) is 15.3 Å². The second kappa shape index (κ2) is 7.76. The zero-order valence-electron chi connectivity index (χ0n) is 14.1. The molecule has 1 amide bonds. The molecule has 134 valence electrons. The predicted molar refractivity (Wildman–Crippen MR) is 104 cm³/mol. The maximum Gasteiger partial charge on any atom is 0.236 e. The molecule has 0 atom stereocenters. The number of carbonyl (C=O) groups excluding carboxylic acids is 1. The first kappa shape index (κ1) is 17.5. The summed E-state index contributed by atoms with van der Waals surface area (Å²) in [4.78, 5) is 22.2. The van der Waals surface area contributed by atoms with Crippen molar-refractivity contribution in [1.29, 1.82) is 0 Å². The van der Waals surface area contributed by atoms with Crippen LogP contribution in [0.5, 0.6) is 0 Å². The Morgan fingerprint density at radius 3 is 2.68 bits per heavy atom. The second-order valence-corrected chi connectivity index (χ2v) is 9.49. The van der Waals surface area contributed by atoms with Crippen LogP contribution in [0.4, 0.5) is 0 Å². The van der Waals surface area contributed by atoms with Gasteiger partial charge in [0.15, 0.2) is 0 Å². The smallest absolute Gasteiger partial charge is 0.236 e. The Labute approximate surface area is 161 Å². The number of rotatable bonds is 4. The van der Waals surface area contributed by atoms with Gasteiger partial charge in [-0.15, -0.1) is 22.7 Å². The van der Waals surface area contributed by atoms with Gasteiger partial charge in [0.05, 0.1) is 10.9 Å². The number of fused-ring (bicyclic) bond motifs is 1. The molecule has 0 spiro atoms. The number of piperazine rings is 1. The monoisotopic (exact) mass is 395 g/mol. The topological polar surface area (TPSA) is 26.8 Å². The van der Waals surface area contributed by atoms with E-state index in [-0.39, 0.29) is 5.91 Å². The Hall–Kier alpha value is -0.920. The van der Waals surface area contributed by atoms with E-state index in [2.05, 4.69) is 27.3 Å². The van der Waals surface area contributed by atoms with Crippen molar-refractivity contribution in [2.45, 2.75) is 19.5 Å². The molecule has 0 aliphatic carbocycles. The summed E-state index contributed by atoms with van der Waals surface area (Å²) in [6.07, 6.45) is 1.08. The molecule has 0 aromatic carbocycles. The highest BCUT2D eigenvalue weighted by atomic mass is 35.5. The zero-order valence-corrected chi connectivity index (χ0v) is 16.5. The van der Waals surface area contributed by atoms with Gasteiger partial charge in [0.1, 0.15) is 0 Å². The van der Waals surface area contributed by atoms with Crippen LogP contribution >= 0.6 is 34.3 Å². The van der Waals surface area contributed by atoms with Crippen LogP contribution in [0.3, 0.4) is 0 Å². The van der Waals surface area contributed by atoms with Gasteiger partial charge < -0.3 is 4.90 Å². The lowest BCUT2D eigenvalue weighted by Crippen LogP contribution is -2.51. The molecule has 1 fully saturated rings. The van der Waals surface area contributed by atoms with Gasteiger partial charge in [0.25, 0.3) is 0 Å². The maximum atomic E-state index is 12.6. The van der Waals surface area contributed by atoms with Crippen molar-refractivity contribution in [2.24, 2.45) is 0 Å². The summed E-state index contributed by atoms with van der Waals surface area (Å²) in [5.74, 6) is 0.275. The largest absolute Gasteiger partial charge is 0.339 e. The van der Waals surface area contributed by atoms with Crippen LogP contribution < -0.4 is 0 Å². The van der Waals surface area contributed by atoms with Gasteiger partial charge in [-0.25, -0.2) is 0 Å². The van der Waals surface area contributed by atoms with Crippen LogP contribution in [0.15, 0.2) is 23.6 Å². The van der Waals surface area contributed by atoms with E-state index < -0.39 is 0 Å². The highest BCUT2D eigenvalue weighted by Crippen LogP contribution is 2.24. The molecule has 4 rings (SSSR count). The fourth-order valence-corrected chi connectivity index (χ4v) is 5.57. The minimum atomic E-state index is 0.275. The molecular formula is C18H22ClN3OS2. The maximum absolute atomic E-state index is 12.6. The lowest BCUT2D eigenvalue weighted by Gasteiger charge is -2.36. The van der Waals surface area contributed by atoms with Gasteiger partial charge in [-0.1, -0.05) is 11.6 Å². The lowest BCUT2D eigenvalue weighted by molar-refractivity contribution is -0.134. The van der Waals surface area contributed by atoms with E-state index in [9.17, 15) is 4.79 Å². The summed E-state index contributed by atoms with van der Waals surface area (Å²) in [6, 6.07) is 6.25. The summed E-state index contributed by atoms with van der Waals surface area (Å²) in [7, 11) is 0. The number of nitrogens with zero attached hydrogens (tertiary/aromatic N) is 3. The van der Waals surface area contributed by atoms with E-state index in [0.717, 1.165) is 56.6 Å². The van der Waals surface area contributed by atoms with Crippen LogP contribution in [0, 0.1) is 0 Å². The number of hydrogen-bond donors (Lipinski definition) is 0. The van der Waals surface area contributed by atoms with E-state index in [1.807, 2.05) is 22.3 Å². The fourth-order valence-electron chi connectivity index (χ4n) is 3.55. The minimum Gasteiger partial charge on any atom is -0.339 e. The molecular weight excluding hydrogens is 374 g/mol. The normalized spacial score (nSPS) is 19.2. The molecule has 0 radical (unpaired) electrons. The second-order valence-electron chi connectivity index (χ2n) is 6.69. The lowest BCUT2D eigenvalue weighted by atomic mass is 10.1. The zero-order chi connectivity index (χ0) is 17.2. The molecule has 25 heavy (non-hydrogen) atoms. The number of carbonyl (C=O) groups is 1. The highest BCUT2D eigenvalue weighted by molar-refractivity contribution is 7.16. The molecule has 4 heterocycles. The summed E-state index contributed by atoms with van der Waals surface area (Å²) in [5, 5.41) is 2.16. The third-order valence-corrected chi connectivity index (χ3v) is 7.22. The average Bonchev–Trinajstić information content (AvgIpc) is 3.24. The summed E-state index contributed by atoms with van der Waals surface area (Å²) >= 11 is 9.49. The van der Waals surface area contributed by atoms with Gasteiger partial charge in [-0.2, -0.15) is 0 Å². The molecule has 0 bridgehead atoms. The predicted octanol–water partition coefficient (Wildman–Crippen LogP) is 3.17. The van der Waals surface area contributed by atoms with E-state index in [0.29, 0.717) is 6.54 Å². The van der Waals surface area contributed by atoms with E-state index in [4.69, 9.17) is 11.6 Å². The fraction of sp³-hybridized carbons (Fsp3) is 0.500. The van der Waals surface area contributed by atoms with Crippen LogP contribution in [-0.4, -0.2) is 59.9 Å². The van der Waals surface area contributed by atoms with Crippen molar-refractivity contribution in [3.63, 3.8) is 0 Å². The van der Waals surface area contributed by atoms with Crippen LogP contribution in [0.25, 0.3) is 0 Å². The minimum absolute atomic E-state index is 0.275. The van der Waals surface area contributed by atoms with Crippen LogP contribution in [-0.2, 0) is 24.3 Å². The summed E-state index contributed by atoms with van der Waals surface area (Å²) in [6.45, 7) is 6.95. The summed E-state index contributed by atoms with van der Waals surface area (Å²) < 4.78 is 0.846. The third-order valence-electron chi connectivity index (χ3n) is 4.98. The van der Waals surface area contributed by atoms with Gasteiger partial charge in [-0.05, 0) is 35.6 Å². The molecule has 7 heteroatoms. The number of thiophene rings is 2. The van der Waals surface area contributed by atoms with Crippen molar-refractivity contribution >= 4 is 40.2 Å². The Bertz CT molecular complexity index is 736. The molecule has 0 unspecified atom stereocenters. The van der Waals surface area contributed by atoms with E-state index in [1.54, 1.807) is 11.3 Å². The number of amides is 1. The molecule has 2 aliphatic rings. The molecule has 4 nitrogen and oxygen atoms in total. The SMILES string of the molecule is O=C(CN1CCc2sccc2C1)N1CCN(Cc2ccc(Cl)s2)CC1. The molecule has 1 saturated heterocycles. The van der Waals surface area contributed by atoms with E-state index >= 15 is 0 Å². The van der Waals surface area contributed by atoms with Crippen LogP contribution in [0.2, 0.25) is 4.34 Å². The number of hydrogen-bond acceptors (Lipinski definition) is 5. The Morgan fingerprint density at radius 2 is 1.92 bits per heavy atom. The number of halogens is 1. The molecule has 2 aromatic rings.